The Morgan fingerprint density at radius 2 is 2.24 bits per heavy atom. The van der Waals surface area contributed by atoms with Crippen molar-refractivity contribution < 1.29 is 9.21 Å². The fourth-order valence-electron chi connectivity index (χ4n) is 2.19. The highest BCUT2D eigenvalue weighted by Gasteiger charge is 2.14. The maximum Gasteiger partial charge on any atom is 0.233 e. The molecule has 0 unspecified atom stereocenters. The number of aryl methyl sites for hydroxylation is 1. The molecule has 0 radical (unpaired) electrons. The maximum atomic E-state index is 12.3. The maximum absolute atomic E-state index is 12.3. The highest BCUT2D eigenvalue weighted by Crippen LogP contribution is 2.24. The lowest BCUT2D eigenvalue weighted by molar-refractivity contribution is -0.127. The summed E-state index contributed by atoms with van der Waals surface area (Å²) in [5.74, 6) is 0.992. The number of halogens is 1. The van der Waals surface area contributed by atoms with E-state index in [1.54, 1.807) is 30.6 Å². The van der Waals surface area contributed by atoms with E-state index in [0.717, 1.165) is 17.0 Å². The van der Waals surface area contributed by atoms with E-state index >= 15 is 0 Å². The molecule has 0 atom stereocenters. The van der Waals surface area contributed by atoms with Crippen molar-refractivity contribution in [2.45, 2.75) is 18.6 Å². The first-order valence-electron chi connectivity index (χ1n) is 7.60. The quantitative estimate of drug-likeness (QED) is 0.615. The summed E-state index contributed by atoms with van der Waals surface area (Å²) in [6, 6.07) is 9.38. The Kier molecular flexibility index (Phi) is 5.45. The fraction of sp³-hybridized carbons (Fsp3) is 0.235. The van der Waals surface area contributed by atoms with E-state index in [0.29, 0.717) is 16.7 Å². The number of furan rings is 1. The summed E-state index contributed by atoms with van der Waals surface area (Å²) in [7, 11) is 1.75. The van der Waals surface area contributed by atoms with Crippen LogP contribution in [0.1, 0.15) is 11.3 Å². The summed E-state index contributed by atoms with van der Waals surface area (Å²) in [6.45, 7) is 2.38. The monoisotopic (exact) mass is 376 g/mol. The van der Waals surface area contributed by atoms with E-state index in [-0.39, 0.29) is 11.7 Å². The van der Waals surface area contributed by atoms with Gasteiger partial charge in [-0.05, 0) is 36.8 Å². The van der Waals surface area contributed by atoms with E-state index in [1.165, 1.54) is 11.8 Å². The van der Waals surface area contributed by atoms with E-state index < -0.39 is 0 Å². The Hall–Kier alpha value is -2.25. The minimum absolute atomic E-state index is 0.0158. The molecule has 0 aliphatic rings. The zero-order valence-electron chi connectivity index (χ0n) is 13.8. The number of benzene rings is 1. The number of amides is 1. The largest absolute Gasteiger partial charge is 0.467 e. The Morgan fingerprint density at radius 1 is 1.40 bits per heavy atom. The van der Waals surface area contributed by atoms with E-state index in [1.807, 2.05) is 35.8 Å². The lowest BCUT2D eigenvalue weighted by atomic mass is 10.2. The van der Waals surface area contributed by atoms with Gasteiger partial charge in [-0.1, -0.05) is 29.4 Å². The van der Waals surface area contributed by atoms with Crippen molar-refractivity contribution in [1.29, 1.82) is 0 Å². The van der Waals surface area contributed by atoms with Crippen LogP contribution >= 0.6 is 23.4 Å². The van der Waals surface area contributed by atoms with E-state index in [2.05, 4.69) is 10.2 Å². The number of hydrogen-bond acceptors (Lipinski definition) is 5. The molecule has 8 heteroatoms. The van der Waals surface area contributed by atoms with Crippen molar-refractivity contribution in [3.8, 4) is 5.69 Å². The third-order valence-corrected chi connectivity index (χ3v) is 5.01. The van der Waals surface area contributed by atoms with Gasteiger partial charge >= 0.3 is 0 Å². The minimum Gasteiger partial charge on any atom is -0.467 e. The first-order valence-corrected chi connectivity index (χ1v) is 8.96. The highest BCUT2D eigenvalue weighted by molar-refractivity contribution is 7.99. The lowest BCUT2D eigenvalue weighted by Crippen LogP contribution is -2.27. The predicted molar refractivity (Wildman–Crippen MR) is 97.0 cm³/mol. The Balaban J connectivity index is 1.65. The van der Waals surface area contributed by atoms with Gasteiger partial charge in [0.2, 0.25) is 5.91 Å². The molecule has 3 rings (SSSR count). The van der Waals surface area contributed by atoms with Gasteiger partial charge in [0.1, 0.15) is 12.1 Å². The molecule has 0 N–H and O–H groups in total. The molecule has 25 heavy (non-hydrogen) atoms. The second kappa shape index (κ2) is 7.76. The van der Waals surface area contributed by atoms with Crippen LogP contribution in [0, 0.1) is 6.92 Å². The van der Waals surface area contributed by atoms with Gasteiger partial charge in [0, 0.05) is 12.1 Å². The molecule has 0 bridgehead atoms. The average molecular weight is 377 g/mol. The molecule has 0 fully saturated rings. The topological polar surface area (TPSA) is 64.2 Å². The van der Waals surface area contributed by atoms with Gasteiger partial charge in [-0.25, -0.2) is 0 Å². The summed E-state index contributed by atoms with van der Waals surface area (Å²) in [6.07, 6.45) is 3.21. The molecule has 2 heterocycles. The number of nitrogens with zero attached hydrogens (tertiary/aromatic N) is 4. The number of aromatic nitrogens is 3. The van der Waals surface area contributed by atoms with Gasteiger partial charge in [0.05, 0.1) is 24.2 Å². The van der Waals surface area contributed by atoms with Gasteiger partial charge < -0.3 is 9.32 Å². The summed E-state index contributed by atoms with van der Waals surface area (Å²) in [5, 5.41) is 9.35. The Bertz CT molecular complexity index is 863. The van der Waals surface area contributed by atoms with E-state index in [9.17, 15) is 4.79 Å². The number of rotatable bonds is 6. The van der Waals surface area contributed by atoms with Crippen LogP contribution in [0.15, 0.2) is 52.5 Å². The summed E-state index contributed by atoms with van der Waals surface area (Å²) >= 11 is 7.52. The fourth-order valence-corrected chi connectivity index (χ4v) is 3.24. The molecule has 6 nitrogen and oxygen atoms in total. The molecule has 0 spiro atoms. The molecule has 0 aliphatic heterocycles. The van der Waals surface area contributed by atoms with Crippen molar-refractivity contribution >= 4 is 29.3 Å². The number of thioether (sulfide) groups is 1. The first kappa shape index (κ1) is 17.6. The highest BCUT2D eigenvalue weighted by atomic mass is 35.5. The second-order valence-electron chi connectivity index (χ2n) is 5.53. The smallest absolute Gasteiger partial charge is 0.233 e. The number of carbonyl (C=O) groups excluding carboxylic acids is 1. The molecular weight excluding hydrogens is 360 g/mol. The Labute approximate surface area is 154 Å². The van der Waals surface area contributed by atoms with E-state index in [4.69, 9.17) is 16.0 Å². The molecular formula is C17H17ClN4O2S. The standard InChI is InChI=1S/C17H17ClN4O2S/c1-12-5-6-13(8-15(12)18)22-11-19-20-17(22)25-10-16(23)21(2)9-14-4-3-7-24-14/h3-8,11H,9-10H2,1-2H3. The third kappa shape index (κ3) is 4.24. The molecule has 1 aromatic carbocycles. The van der Waals surface area contributed by atoms with Crippen LogP contribution in [0.5, 0.6) is 0 Å². The van der Waals surface area contributed by atoms with Crippen LogP contribution in [-0.2, 0) is 11.3 Å². The van der Waals surface area contributed by atoms with Gasteiger partial charge in [0.15, 0.2) is 5.16 Å². The number of carbonyl (C=O) groups is 1. The molecule has 130 valence electrons. The Morgan fingerprint density at radius 3 is 2.96 bits per heavy atom. The van der Waals surface area contributed by atoms with Crippen LogP contribution in [0.3, 0.4) is 0 Å². The zero-order valence-corrected chi connectivity index (χ0v) is 15.4. The average Bonchev–Trinajstić information content (AvgIpc) is 3.26. The van der Waals surface area contributed by atoms with Crippen LogP contribution < -0.4 is 0 Å². The molecule has 1 amide bonds. The zero-order chi connectivity index (χ0) is 17.8. The predicted octanol–water partition coefficient (Wildman–Crippen LogP) is 3.57. The summed E-state index contributed by atoms with van der Waals surface area (Å²) in [4.78, 5) is 13.9. The second-order valence-corrected chi connectivity index (χ2v) is 6.88. The first-order chi connectivity index (χ1) is 12.0. The van der Waals surface area contributed by atoms with Crippen molar-refractivity contribution in [1.82, 2.24) is 19.7 Å². The van der Waals surface area contributed by atoms with Crippen LogP contribution in [0.4, 0.5) is 0 Å². The van der Waals surface area contributed by atoms with Crippen molar-refractivity contribution in [2.75, 3.05) is 12.8 Å². The molecule has 0 saturated heterocycles. The van der Waals surface area contributed by atoms with Crippen LogP contribution in [0.25, 0.3) is 5.69 Å². The van der Waals surface area contributed by atoms with Crippen LogP contribution in [-0.4, -0.2) is 38.4 Å². The molecule has 0 saturated carbocycles. The van der Waals surface area contributed by atoms with Gasteiger partial charge in [-0.2, -0.15) is 0 Å². The van der Waals surface area contributed by atoms with Gasteiger partial charge in [-0.3, -0.25) is 9.36 Å². The summed E-state index contributed by atoms with van der Waals surface area (Å²) in [5.41, 5.74) is 1.86. The van der Waals surface area contributed by atoms with Crippen molar-refractivity contribution in [3.05, 3.63) is 59.3 Å². The van der Waals surface area contributed by atoms with Gasteiger partial charge in [0.25, 0.3) is 0 Å². The SMILES string of the molecule is Cc1ccc(-n2cnnc2SCC(=O)N(C)Cc2ccco2)cc1Cl. The normalized spacial score (nSPS) is 10.8. The van der Waals surface area contributed by atoms with Crippen LogP contribution in [0.2, 0.25) is 5.02 Å². The summed E-state index contributed by atoms with van der Waals surface area (Å²) < 4.78 is 7.08. The minimum atomic E-state index is -0.0158. The third-order valence-electron chi connectivity index (χ3n) is 3.67. The van der Waals surface area contributed by atoms with Gasteiger partial charge in [-0.15, -0.1) is 10.2 Å². The number of hydrogen-bond donors (Lipinski definition) is 0. The van der Waals surface area contributed by atoms with Crippen molar-refractivity contribution in [2.24, 2.45) is 0 Å². The lowest BCUT2D eigenvalue weighted by Gasteiger charge is -2.15. The molecule has 3 aromatic rings. The molecule has 0 aliphatic carbocycles. The molecule has 2 aromatic heterocycles. The van der Waals surface area contributed by atoms with Crippen molar-refractivity contribution in [3.63, 3.8) is 0 Å².